The Bertz CT molecular complexity index is 917. The molecule has 2 aromatic carbocycles. The van der Waals surface area contributed by atoms with Gasteiger partial charge in [0, 0.05) is 17.4 Å². The second kappa shape index (κ2) is 6.75. The number of anilines is 4. The van der Waals surface area contributed by atoms with E-state index in [2.05, 4.69) is 26.7 Å². The molecule has 0 fully saturated rings. The first-order valence-corrected chi connectivity index (χ1v) is 7.28. The van der Waals surface area contributed by atoms with Crippen LogP contribution in [0, 0.1) is 24.1 Å². The topological polar surface area (TPSA) is 73.6 Å². The lowest BCUT2D eigenvalue weighted by atomic mass is 10.2. The number of nitrogens with zero attached hydrogens (tertiary/aromatic N) is 3. The predicted octanol–water partition coefficient (Wildman–Crippen LogP) is 4.28. The molecule has 6 heteroatoms. The van der Waals surface area contributed by atoms with Crippen molar-refractivity contribution >= 4 is 23.1 Å². The molecule has 0 saturated carbocycles. The first kappa shape index (κ1) is 15.4. The zero-order valence-electron chi connectivity index (χ0n) is 12.9. The van der Waals surface area contributed by atoms with Gasteiger partial charge in [-0.15, -0.1) is 0 Å². The number of hydrogen-bond acceptors (Lipinski definition) is 5. The Morgan fingerprint density at radius 2 is 1.83 bits per heavy atom. The highest BCUT2D eigenvalue weighted by molar-refractivity contribution is 5.61. The second-order valence-electron chi connectivity index (χ2n) is 5.14. The van der Waals surface area contributed by atoms with Gasteiger partial charge in [0.15, 0.2) is 0 Å². The van der Waals surface area contributed by atoms with Crippen molar-refractivity contribution in [2.24, 2.45) is 0 Å². The Labute approximate surface area is 138 Å². The van der Waals surface area contributed by atoms with Crippen molar-refractivity contribution in [1.82, 2.24) is 9.97 Å². The van der Waals surface area contributed by atoms with Crippen LogP contribution in [0.2, 0.25) is 0 Å². The zero-order chi connectivity index (χ0) is 16.9. The number of aromatic nitrogens is 2. The second-order valence-corrected chi connectivity index (χ2v) is 5.14. The van der Waals surface area contributed by atoms with Gasteiger partial charge in [0.05, 0.1) is 17.3 Å². The van der Waals surface area contributed by atoms with Gasteiger partial charge in [-0.1, -0.05) is 18.2 Å². The number of benzene rings is 2. The van der Waals surface area contributed by atoms with E-state index in [1.165, 1.54) is 6.07 Å². The average Bonchev–Trinajstić information content (AvgIpc) is 2.56. The highest BCUT2D eigenvalue weighted by Crippen LogP contribution is 2.21. The minimum absolute atomic E-state index is 0.341. The third kappa shape index (κ3) is 3.65. The smallest absolute Gasteiger partial charge is 0.229 e. The van der Waals surface area contributed by atoms with E-state index in [4.69, 9.17) is 5.26 Å². The van der Waals surface area contributed by atoms with E-state index in [1.807, 2.05) is 13.0 Å². The fourth-order valence-electron chi connectivity index (χ4n) is 2.18. The molecular weight excluding hydrogens is 305 g/mol. The average molecular weight is 319 g/mol. The number of aryl methyl sites for hydroxylation is 1. The number of nitrogens with one attached hydrogen (secondary N) is 2. The maximum absolute atomic E-state index is 13.8. The summed E-state index contributed by atoms with van der Waals surface area (Å²) in [6, 6.07) is 17.2. The van der Waals surface area contributed by atoms with Gasteiger partial charge in [-0.25, -0.2) is 9.37 Å². The lowest BCUT2D eigenvalue weighted by molar-refractivity contribution is 0.632. The van der Waals surface area contributed by atoms with E-state index in [9.17, 15) is 4.39 Å². The molecule has 24 heavy (non-hydrogen) atoms. The minimum atomic E-state index is -0.356. The van der Waals surface area contributed by atoms with Crippen LogP contribution in [-0.2, 0) is 0 Å². The molecule has 118 valence electrons. The van der Waals surface area contributed by atoms with Gasteiger partial charge in [-0.2, -0.15) is 10.2 Å². The molecule has 3 aromatic rings. The van der Waals surface area contributed by atoms with Gasteiger partial charge in [-0.3, -0.25) is 0 Å². The SMILES string of the molecule is Cc1cc(Nc2ccccc2F)nc(Nc2cccc(C#N)c2)n1. The van der Waals surface area contributed by atoms with Crippen LogP contribution in [0.15, 0.2) is 54.6 Å². The molecule has 0 spiro atoms. The quantitative estimate of drug-likeness (QED) is 0.750. The monoisotopic (exact) mass is 319 g/mol. The third-order valence-corrected chi connectivity index (χ3v) is 3.24. The van der Waals surface area contributed by atoms with Crippen LogP contribution < -0.4 is 10.6 Å². The van der Waals surface area contributed by atoms with Crippen molar-refractivity contribution in [2.75, 3.05) is 10.6 Å². The zero-order valence-corrected chi connectivity index (χ0v) is 12.9. The molecule has 0 unspecified atom stereocenters. The highest BCUT2D eigenvalue weighted by atomic mass is 19.1. The van der Waals surface area contributed by atoms with E-state index in [0.29, 0.717) is 28.7 Å². The van der Waals surface area contributed by atoms with Crippen molar-refractivity contribution in [3.05, 3.63) is 71.7 Å². The molecular formula is C18H14FN5. The van der Waals surface area contributed by atoms with E-state index >= 15 is 0 Å². The van der Waals surface area contributed by atoms with E-state index < -0.39 is 0 Å². The van der Waals surface area contributed by atoms with E-state index in [0.717, 1.165) is 5.69 Å². The first-order valence-electron chi connectivity index (χ1n) is 7.28. The third-order valence-electron chi connectivity index (χ3n) is 3.24. The Kier molecular flexibility index (Phi) is 4.34. The molecule has 0 saturated heterocycles. The molecule has 1 heterocycles. The van der Waals surface area contributed by atoms with Crippen molar-refractivity contribution in [2.45, 2.75) is 6.92 Å². The van der Waals surface area contributed by atoms with E-state index in [-0.39, 0.29) is 5.82 Å². The molecule has 0 bridgehead atoms. The van der Waals surface area contributed by atoms with Crippen LogP contribution in [0.25, 0.3) is 0 Å². The normalized spacial score (nSPS) is 10.0. The van der Waals surface area contributed by atoms with Crippen LogP contribution in [0.1, 0.15) is 11.3 Å². The Morgan fingerprint density at radius 3 is 2.62 bits per heavy atom. The molecule has 0 amide bonds. The minimum Gasteiger partial charge on any atom is -0.338 e. The molecule has 2 N–H and O–H groups in total. The number of rotatable bonds is 4. The molecule has 1 aromatic heterocycles. The summed E-state index contributed by atoms with van der Waals surface area (Å²) in [5.74, 6) is 0.487. The van der Waals surface area contributed by atoms with Crippen molar-refractivity contribution in [3.8, 4) is 6.07 Å². The largest absolute Gasteiger partial charge is 0.338 e. The number of para-hydroxylation sites is 1. The first-order chi connectivity index (χ1) is 11.6. The van der Waals surface area contributed by atoms with Gasteiger partial charge in [0.2, 0.25) is 5.95 Å². The summed E-state index contributed by atoms with van der Waals surface area (Å²) in [5.41, 5.74) is 2.31. The van der Waals surface area contributed by atoms with Gasteiger partial charge in [0.25, 0.3) is 0 Å². The molecule has 0 atom stereocenters. The van der Waals surface area contributed by atoms with E-state index in [1.54, 1.807) is 42.5 Å². The van der Waals surface area contributed by atoms with Crippen molar-refractivity contribution in [3.63, 3.8) is 0 Å². The molecule has 0 aliphatic heterocycles. The summed E-state index contributed by atoms with van der Waals surface area (Å²) < 4.78 is 13.8. The lowest BCUT2D eigenvalue weighted by Crippen LogP contribution is -2.03. The number of nitriles is 1. The number of hydrogen-bond donors (Lipinski definition) is 2. The lowest BCUT2D eigenvalue weighted by Gasteiger charge is -2.10. The van der Waals surface area contributed by atoms with Gasteiger partial charge < -0.3 is 10.6 Å². The van der Waals surface area contributed by atoms with Crippen LogP contribution in [0.4, 0.5) is 27.5 Å². The fourth-order valence-corrected chi connectivity index (χ4v) is 2.18. The Balaban J connectivity index is 1.86. The molecule has 0 radical (unpaired) electrons. The van der Waals surface area contributed by atoms with Crippen LogP contribution >= 0.6 is 0 Å². The maximum Gasteiger partial charge on any atom is 0.229 e. The summed E-state index contributed by atoms with van der Waals surface area (Å²) in [7, 11) is 0. The Morgan fingerprint density at radius 1 is 1.00 bits per heavy atom. The highest BCUT2D eigenvalue weighted by Gasteiger charge is 2.06. The van der Waals surface area contributed by atoms with Crippen LogP contribution in [0.3, 0.4) is 0 Å². The van der Waals surface area contributed by atoms with Gasteiger partial charge in [-0.05, 0) is 37.3 Å². The maximum atomic E-state index is 13.8. The van der Waals surface area contributed by atoms with Gasteiger partial charge in [0.1, 0.15) is 11.6 Å². The fraction of sp³-hybridized carbons (Fsp3) is 0.0556. The molecule has 0 aliphatic rings. The summed E-state index contributed by atoms with van der Waals surface area (Å²) in [4.78, 5) is 8.65. The summed E-state index contributed by atoms with van der Waals surface area (Å²) in [6.45, 7) is 1.82. The van der Waals surface area contributed by atoms with Gasteiger partial charge >= 0.3 is 0 Å². The van der Waals surface area contributed by atoms with Crippen LogP contribution in [-0.4, -0.2) is 9.97 Å². The Hall–Kier alpha value is -3.46. The standard InChI is InChI=1S/C18H14FN5/c1-12-9-17(23-16-8-3-2-7-15(16)19)24-18(21-12)22-14-6-4-5-13(10-14)11-20/h2-10H,1H3,(H2,21,22,23,24). The van der Waals surface area contributed by atoms with Crippen molar-refractivity contribution in [1.29, 1.82) is 5.26 Å². The summed E-state index contributed by atoms with van der Waals surface area (Å²) >= 11 is 0. The summed E-state index contributed by atoms with van der Waals surface area (Å²) in [6.07, 6.45) is 0. The molecule has 5 nitrogen and oxygen atoms in total. The summed E-state index contributed by atoms with van der Waals surface area (Å²) in [5, 5.41) is 14.9. The van der Waals surface area contributed by atoms with Crippen molar-refractivity contribution < 1.29 is 4.39 Å². The molecule has 0 aliphatic carbocycles. The predicted molar refractivity (Wildman–Crippen MR) is 90.9 cm³/mol. The number of halogens is 1. The molecule has 3 rings (SSSR count). The van der Waals surface area contributed by atoms with Crippen LogP contribution in [0.5, 0.6) is 0 Å².